The van der Waals surface area contributed by atoms with Crippen molar-refractivity contribution in [3.63, 3.8) is 0 Å². The Balaban J connectivity index is 2.85. The third-order valence-electron chi connectivity index (χ3n) is 3.53. The van der Waals surface area contributed by atoms with Crippen molar-refractivity contribution >= 4 is 5.78 Å². The molecule has 1 rings (SSSR count). The van der Waals surface area contributed by atoms with Crippen LogP contribution in [0.15, 0.2) is 12.2 Å². The Bertz CT molecular complexity index is 238. The highest BCUT2D eigenvalue weighted by atomic mass is 16.1. The van der Waals surface area contributed by atoms with Gasteiger partial charge in [0.05, 0.1) is 0 Å². The lowest BCUT2D eigenvalue weighted by Gasteiger charge is -2.41. The van der Waals surface area contributed by atoms with E-state index in [9.17, 15) is 4.79 Å². The van der Waals surface area contributed by atoms with Crippen molar-refractivity contribution in [2.24, 2.45) is 17.3 Å². The van der Waals surface area contributed by atoms with Crippen LogP contribution in [-0.2, 0) is 4.79 Å². The number of allylic oxidation sites excluding steroid dienone is 2. The fourth-order valence-corrected chi connectivity index (χ4v) is 2.91. The first kappa shape index (κ1) is 11.5. The Labute approximate surface area is 87.6 Å². The van der Waals surface area contributed by atoms with Gasteiger partial charge in [-0.25, -0.2) is 0 Å². The summed E-state index contributed by atoms with van der Waals surface area (Å²) in [5, 5.41) is 0. The van der Waals surface area contributed by atoms with Crippen molar-refractivity contribution in [2.75, 3.05) is 0 Å². The summed E-state index contributed by atoms with van der Waals surface area (Å²) in [6.07, 6.45) is 7.27. The molecule has 1 aliphatic rings. The zero-order chi connectivity index (χ0) is 10.8. The molecule has 80 valence electrons. The van der Waals surface area contributed by atoms with Crippen molar-refractivity contribution in [2.45, 2.75) is 47.0 Å². The highest BCUT2D eigenvalue weighted by molar-refractivity contribution is 5.92. The Hall–Kier alpha value is -0.590. The number of hydrogen-bond donors (Lipinski definition) is 0. The average molecular weight is 194 g/mol. The summed E-state index contributed by atoms with van der Waals surface area (Å²) in [5.41, 5.74) is 0.189. The molecule has 1 fully saturated rings. The van der Waals surface area contributed by atoms with Gasteiger partial charge in [0.15, 0.2) is 5.78 Å². The average Bonchev–Trinajstić information content (AvgIpc) is 2.02. The molecule has 0 aliphatic heterocycles. The summed E-state index contributed by atoms with van der Waals surface area (Å²) < 4.78 is 0. The van der Waals surface area contributed by atoms with Crippen molar-refractivity contribution < 1.29 is 4.79 Å². The summed E-state index contributed by atoms with van der Waals surface area (Å²) >= 11 is 0. The van der Waals surface area contributed by atoms with E-state index in [1.807, 2.05) is 13.0 Å². The van der Waals surface area contributed by atoms with Crippen LogP contribution in [0, 0.1) is 17.3 Å². The van der Waals surface area contributed by atoms with E-state index in [2.05, 4.69) is 20.8 Å². The van der Waals surface area contributed by atoms with Crippen LogP contribution in [0.1, 0.15) is 47.0 Å². The number of rotatable bonds is 2. The second-order valence-electron chi connectivity index (χ2n) is 5.24. The maximum absolute atomic E-state index is 11.9. The van der Waals surface area contributed by atoms with Gasteiger partial charge in [0.1, 0.15) is 0 Å². The molecule has 2 unspecified atom stereocenters. The Morgan fingerprint density at radius 1 is 1.43 bits per heavy atom. The van der Waals surface area contributed by atoms with Gasteiger partial charge < -0.3 is 0 Å². The fraction of sp³-hybridized carbons (Fsp3) is 0.769. The normalized spacial score (nSPS) is 32.0. The van der Waals surface area contributed by atoms with E-state index in [1.54, 1.807) is 6.08 Å². The van der Waals surface area contributed by atoms with E-state index in [0.717, 1.165) is 0 Å². The van der Waals surface area contributed by atoms with Gasteiger partial charge in [-0.05, 0) is 37.2 Å². The maximum Gasteiger partial charge on any atom is 0.159 e. The van der Waals surface area contributed by atoms with E-state index in [1.165, 1.54) is 19.3 Å². The summed E-state index contributed by atoms with van der Waals surface area (Å²) in [7, 11) is 0. The van der Waals surface area contributed by atoms with E-state index < -0.39 is 0 Å². The minimum absolute atomic E-state index is 0.189. The minimum atomic E-state index is 0.189. The standard InChI is InChI=1S/C13H22O/c1-5-7-11(14)12-10(2)8-6-9-13(12,3)4/h5,7,10,12H,6,8-9H2,1-4H3/b7-5-. The lowest BCUT2D eigenvalue weighted by Crippen LogP contribution is -2.38. The minimum Gasteiger partial charge on any atom is -0.295 e. The van der Waals surface area contributed by atoms with Crippen molar-refractivity contribution in [3.8, 4) is 0 Å². The quantitative estimate of drug-likeness (QED) is 0.614. The van der Waals surface area contributed by atoms with E-state index >= 15 is 0 Å². The predicted octanol–water partition coefficient (Wildman–Crippen LogP) is 3.59. The van der Waals surface area contributed by atoms with Crippen molar-refractivity contribution in [1.82, 2.24) is 0 Å². The van der Waals surface area contributed by atoms with Gasteiger partial charge in [0.2, 0.25) is 0 Å². The van der Waals surface area contributed by atoms with Gasteiger partial charge in [0, 0.05) is 5.92 Å². The topological polar surface area (TPSA) is 17.1 Å². The molecule has 0 spiro atoms. The van der Waals surface area contributed by atoms with Crippen LogP contribution in [0.25, 0.3) is 0 Å². The van der Waals surface area contributed by atoms with Crippen LogP contribution in [-0.4, -0.2) is 5.78 Å². The molecular weight excluding hydrogens is 172 g/mol. The number of carbonyl (C=O) groups excluding carboxylic acids is 1. The highest BCUT2D eigenvalue weighted by Gasteiger charge is 2.40. The molecule has 0 aromatic carbocycles. The molecule has 1 heteroatoms. The van der Waals surface area contributed by atoms with Crippen LogP contribution in [0.5, 0.6) is 0 Å². The van der Waals surface area contributed by atoms with Crippen molar-refractivity contribution in [1.29, 1.82) is 0 Å². The molecular formula is C13H22O. The summed E-state index contributed by atoms with van der Waals surface area (Å²) in [6.45, 7) is 8.59. The van der Waals surface area contributed by atoms with Crippen molar-refractivity contribution in [3.05, 3.63) is 12.2 Å². The number of ketones is 1. The number of hydrogen-bond acceptors (Lipinski definition) is 1. The van der Waals surface area contributed by atoms with Crippen LogP contribution >= 0.6 is 0 Å². The Morgan fingerprint density at radius 2 is 2.07 bits per heavy atom. The van der Waals surface area contributed by atoms with Crippen LogP contribution in [0.2, 0.25) is 0 Å². The zero-order valence-corrected chi connectivity index (χ0v) is 9.84. The van der Waals surface area contributed by atoms with Gasteiger partial charge in [0.25, 0.3) is 0 Å². The number of carbonyl (C=O) groups is 1. The molecule has 0 aromatic rings. The predicted molar refractivity (Wildman–Crippen MR) is 60.1 cm³/mol. The second kappa shape index (κ2) is 4.29. The molecule has 0 radical (unpaired) electrons. The van der Waals surface area contributed by atoms with Crippen LogP contribution < -0.4 is 0 Å². The smallest absolute Gasteiger partial charge is 0.159 e. The van der Waals surface area contributed by atoms with E-state index in [-0.39, 0.29) is 11.3 Å². The van der Waals surface area contributed by atoms with E-state index in [0.29, 0.717) is 11.7 Å². The summed E-state index contributed by atoms with van der Waals surface area (Å²) in [6, 6.07) is 0. The van der Waals surface area contributed by atoms with Crippen LogP contribution in [0.3, 0.4) is 0 Å². The fourth-order valence-electron chi connectivity index (χ4n) is 2.91. The highest BCUT2D eigenvalue weighted by Crippen LogP contribution is 2.44. The summed E-state index contributed by atoms with van der Waals surface area (Å²) in [4.78, 5) is 11.9. The lowest BCUT2D eigenvalue weighted by atomic mass is 9.62. The molecule has 0 bridgehead atoms. The third kappa shape index (κ3) is 2.26. The first-order chi connectivity index (χ1) is 6.49. The molecule has 1 aliphatic carbocycles. The monoisotopic (exact) mass is 194 g/mol. The van der Waals surface area contributed by atoms with Crippen LogP contribution in [0.4, 0.5) is 0 Å². The SMILES string of the molecule is C/C=C\C(=O)C1C(C)CCCC1(C)C. The molecule has 0 heterocycles. The lowest BCUT2D eigenvalue weighted by molar-refractivity contribution is -0.125. The molecule has 0 amide bonds. The largest absolute Gasteiger partial charge is 0.295 e. The summed E-state index contributed by atoms with van der Waals surface area (Å²) in [5.74, 6) is 1.10. The van der Waals surface area contributed by atoms with Gasteiger partial charge in [-0.15, -0.1) is 0 Å². The zero-order valence-electron chi connectivity index (χ0n) is 9.84. The molecule has 0 aromatic heterocycles. The first-order valence-corrected chi connectivity index (χ1v) is 5.65. The van der Waals surface area contributed by atoms with Gasteiger partial charge in [-0.3, -0.25) is 4.79 Å². The molecule has 14 heavy (non-hydrogen) atoms. The molecule has 0 N–H and O–H groups in total. The molecule has 0 saturated heterocycles. The molecule has 1 nitrogen and oxygen atoms in total. The maximum atomic E-state index is 11.9. The van der Waals surface area contributed by atoms with Gasteiger partial charge >= 0.3 is 0 Å². The molecule has 2 atom stereocenters. The van der Waals surface area contributed by atoms with Gasteiger partial charge in [-0.1, -0.05) is 33.3 Å². The third-order valence-corrected chi connectivity index (χ3v) is 3.53. The molecule has 1 saturated carbocycles. The Kier molecular flexibility index (Phi) is 3.52. The first-order valence-electron chi connectivity index (χ1n) is 5.65. The second-order valence-corrected chi connectivity index (χ2v) is 5.24. The van der Waals surface area contributed by atoms with Gasteiger partial charge in [-0.2, -0.15) is 0 Å². The van der Waals surface area contributed by atoms with E-state index in [4.69, 9.17) is 0 Å². The Morgan fingerprint density at radius 3 is 2.57 bits per heavy atom.